The van der Waals surface area contributed by atoms with E-state index in [4.69, 9.17) is 0 Å². The van der Waals surface area contributed by atoms with Crippen LogP contribution in [0.25, 0.3) is 0 Å². The molecule has 0 aromatic rings. The number of hydrogen-bond donors (Lipinski definition) is 1. The monoisotopic (exact) mass is 400 g/mol. The molecule has 4 aliphatic rings. The minimum Gasteiger partial charge on any atom is -0.390 e. The zero-order valence-electron chi connectivity index (χ0n) is 19.6. The van der Waals surface area contributed by atoms with Crippen molar-refractivity contribution in [1.29, 1.82) is 0 Å². The average Bonchev–Trinajstić information content (AvgIpc) is 2.98. The summed E-state index contributed by atoms with van der Waals surface area (Å²) in [5.41, 5.74) is 1.77. The molecular formula is C27H44O2. The number of allylic oxidation sites excluding steroid dienone is 2. The topological polar surface area (TPSA) is 37.3 Å². The Hall–Kier alpha value is -0.630. The second-order valence-corrected chi connectivity index (χ2v) is 12.4. The maximum Gasteiger partial charge on any atom is 0.136 e. The quantitative estimate of drug-likeness (QED) is 0.521. The largest absolute Gasteiger partial charge is 0.390 e. The lowest BCUT2D eigenvalue weighted by atomic mass is 9.47. The summed E-state index contributed by atoms with van der Waals surface area (Å²) in [5.74, 6) is 4.59. The summed E-state index contributed by atoms with van der Waals surface area (Å²) in [4.78, 5) is 12.1. The predicted octanol–water partition coefficient (Wildman–Crippen LogP) is 6.71. The van der Waals surface area contributed by atoms with Gasteiger partial charge >= 0.3 is 0 Å². The molecule has 4 aliphatic carbocycles. The van der Waals surface area contributed by atoms with Crippen molar-refractivity contribution >= 4 is 5.78 Å². The van der Waals surface area contributed by atoms with E-state index in [-0.39, 0.29) is 0 Å². The summed E-state index contributed by atoms with van der Waals surface area (Å²) in [6.07, 6.45) is 15.3. The highest BCUT2D eigenvalue weighted by Gasteiger charge is 2.59. The number of aliphatic hydroxyl groups is 1. The fraction of sp³-hybridized carbons (Fsp3) is 0.889. The van der Waals surface area contributed by atoms with Crippen molar-refractivity contribution in [2.45, 2.75) is 111 Å². The Morgan fingerprint density at radius 1 is 1.17 bits per heavy atom. The summed E-state index contributed by atoms with van der Waals surface area (Å²) in [7, 11) is 0. The Balaban J connectivity index is 1.48. The number of Topliss-reactive ketones (excluding diaryl/α,β-unsaturated/α-hetero) is 1. The standard InChI is InChI=1S/C27H44O2/c1-18(7-6-14-25(2,3)29)22-10-11-23-21-9-8-19-17-20(28)12-15-26(19,4)24(21)13-16-27(22,23)5/h8,18,21-24,29H,6-7,9-17H2,1-5H3/t18-,21+,22-,23+,24+,26+,27-/m1/s1. The highest BCUT2D eigenvalue weighted by atomic mass is 16.3. The Bertz CT molecular complexity index is 671. The Morgan fingerprint density at radius 3 is 2.66 bits per heavy atom. The third-order valence-electron chi connectivity index (χ3n) is 10.1. The van der Waals surface area contributed by atoms with Crippen LogP contribution in [0.5, 0.6) is 0 Å². The van der Waals surface area contributed by atoms with E-state index in [0.29, 0.717) is 16.6 Å². The minimum atomic E-state index is -0.525. The molecule has 29 heavy (non-hydrogen) atoms. The molecule has 0 amide bonds. The molecule has 0 radical (unpaired) electrons. The van der Waals surface area contributed by atoms with Crippen LogP contribution >= 0.6 is 0 Å². The molecule has 7 atom stereocenters. The Kier molecular flexibility index (Phi) is 5.59. The molecule has 3 fully saturated rings. The molecule has 4 rings (SSSR count). The highest BCUT2D eigenvalue weighted by molar-refractivity contribution is 5.82. The van der Waals surface area contributed by atoms with Crippen molar-refractivity contribution in [3.8, 4) is 0 Å². The van der Waals surface area contributed by atoms with Gasteiger partial charge in [0.2, 0.25) is 0 Å². The van der Waals surface area contributed by atoms with Crippen molar-refractivity contribution in [3.63, 3.8) is 0 Å². The minimum absolute atomic E-state index is 0.300. The van der Waals surface area contributed by atoms with Gasteiger partial charge in [0, 0.05) is 12.8 Å². The van der Waals surface area contributed by atoms with E-state index >= 15 is 0 Å². The first-order valence-electron chi connectivity index (χ1n) is 12.5. The van der Waals surface area contributed by atoms with E-state index in [1.165, 1.54) is 44.1 Å². The summed E-state index contributed by atoms with van der Waals surface area (Å²) < 4.78 is 0. The van der Waals surface area contributed by atoms with E-state index in [2.05, 4.69) is 26.8 Å². The van der Waals surface area contributed by atoms with Crippen molar-refractivity contribution in [2.75, 3.05) is 0 Å². The van der Waals surface area contributed by atoms with Gasteiger partial charge < -0.3 is 5.11 Å². The van der Waals surface area contributed by atoms with Crippen molar-refractivity contribution in [1.82, 2.24) is 0 Å². The number of carbonyl (C=O) groups excluding carboxylic acids is 1. The molecule has 164 valence electrons. The van der Waals surface area contributed by atoms with Crippen LogP contribution in [0.2, 0.25) is 0 Å². The molecule has 0 bridgehead atoms. The van der Waals surface area contributed by atoms with Crippen molar-refractivity contribution in [3.05, 3.63) is 11.6 Å². The van der Waals surface area contributed by atoms with Crippen LogP contribution in [-0.2, 0) is 4.79 Å². The first-order chi connectivity index (χ1) is 13.5. The van der Waals surface area contributed by atoms with Crippen LogP contribution in [0, 0.1) is 40.4 Å². The van der Waals surface area contributed by atoms with E-state index < -0.39 is 5.60 Å². The molecule has 0 spiro atoms. The van der Waals surface area contributed by atoms with Gasteiger partial charge in [0.1, 0.15) is 5.78 Å². The average molecular weight is 401 g/mol. The maximum atomic E-state index is 12.1. The van der Waals surface area contributed by atoms with Crippen LogP contribution in [0.1, 0.15) is 105 Å². The molecule has 0 aliphatic heterocycles. The van der Waals surface area contributed by atoms with Crippen LogP contribution < -0.4 is 0 Å². The normalized spacial score (nSPS) is 43.2. The van der Waals surface area contributed by atoms with E-state index in [0.717, 1.165) is 61.7 Å². The predicted molar refractivity (Wildman–Crippen MR) is 120 cm³/mol. The van der Waals surface area contributed by atoms with E-state index in [1.807, 2.05) is 13.8 Å². The summed E-state index contributed by atoms with van der Waals surface area (Å²) in [6, 6.07) is 0. The number of ketones is 1. The van der Waals surface area contributed by atoms with Gasteiger partial charge in [-0.05, 0) is 99.2 Å². The fourth-order valence-corrected chi connectivity index (χ4v) is 8.51. The molecule has 0 saturated heterocycles. The molecular weight excluding hydrogens is 356 g/mol. The Labute approximate surface area is 178 Å². The van der Waals surface area contributed by atoms with Crippen LogP contribution in [0.15, 0.2) is 11.6 Å². The summed E-state index contributed by atoms with van der Waals surface area (Å²) in [6.45, 7) is 11.5. The van der Waals surface area contributed by atoms with E-state index in [9.17, 15) is 9.90 Å². The van der Waals surface area contributed by atoms with Gasteiger partial charge in [-0.3, -0.25) is 4.79 Å². The van der Waals surface area contributed by atoms with Gasteiger partial charge in [-0.1, -0.05) is 45.3 Å². The van der Waals surface area contributed by atoms with Crippen LogP contribution in [-0.4, -0.2) is 16.5 Å². The third kappa shape index (κ3) is 3.77. The number of fused-ring (bicyclic) bond motifs is 5. The number of hydrogen-bond acceptors (Lipinski definition) is 2. The van der Waals surface area contributed by atoms with Gasteiger partial charge in [0.15, 0.2) is 0 Å². The fourth-order valence-electron chi connectivity index (χ4n) is 8.51. The molecule has 2 nitrogen and oxygen atoms in total. The summed E-state index contributed by atoms with van der Waals surface area (Å²) in [5, 5.41) is 10.1. The number of rotatable bonds is 5. The molecule has 0 unspecified atom stereocenters. The molecule has 0 aromatic carbocycles. The van der Waals surface area contributed by atoms with Gasteiger partial charge in [0.25, 0.3) is 0 Å². The first-order valence-corrected chi connectivity index (χ1v) is 12.5. The molecule has 1 N–H and O–H groups in total. The lowest BCUT2D eigenvalue weighted by Gasteiger charge is -2.58. The zero-order valence-corrected chi connectivity index (χ0v) is 19.6. The Morgan fingerprint density at radius 2 is 1.93 bits per heavy atom. The van der Waals surface area contributed by atoms with Crippen molar-refractivity contribution < 1.29 is 9.90 Å². The van der Waals surface area contributed by atoms with Gasteiger partial charge in [-0.15, -0.1) is 0 Å². The lowest BCUT2D eigenvalue weighted by molar-refractivity contribution is -0.122. The second kappa shape index (κ2) is 7.50. The van der Waals surface area contributed by atoms with Gasteiger partial charge in [-0.25, -0.2) is 0 Å². The SMILES string of the molecule is C[C@H](CCCC(C)(C)O)[C@H]1CC[C@H]2[C@@H]3CC=C4CC(=O)CC[C@]4(C)[C@H]3CC[C@]12C. The van der Waals surface area contributed by atoms with Crippen molar-refractivity contribution in [2.24, 2.45) is 40.4 Å². The van der Waals surface area contributed by atoms with E-state index in [1.54, 1.807) is 0 Å². The second-order valence-electron chi connectivity index (χ2n) is 12.4. The molecule has 2 heteroatoms. The lowest BCUT2D eigenvalue weighted by Crippen LogP contribution is -2.50. The van der Waals surface area contributed by atoms with Gasteiger partial charge in [0.05, 0.1) is 5.60 Å². The van der Waals surface area contributed by atoms with Gasteiger partial charge in [-0.2, -0.15) is 0 Å². The van der Waals surface area contributed by atoms with Crippen LogP contribution in [0.4, 0.5) is 0 Å². The molecule has 0 heterocycles. The molecule has 3 saturated carbocycles. The first kappa shape index (κ1) is 21.6. The smallest absolute Gasteiger partial charge is 0.136 e. The number of carbonyl (C=O) groups is 1. The molecule has 0 aromatic heterocycles. The highest BCUT2D eigenvalue weighted by Crippen LogP contribution is 2.67. The summed E-state index contributed by atoms with van der Waals surface area (Å²) >= 11 is 0. The zero-order chi connectivity index (χ0) is 21.0. The van der Waals surface area contributed by atoms with Crippen LogP contribution in [0.3, 0.4) is 0 Å². The third-order valence-corrected chi connectivity index (χ3v) is 10.1. The maximum absolute atomic E-state index is 12.1.